The zero-order valence-electron chi connectivity index (χ0n) is 12.2. The molecule has 0 aliphatic heterocycles. The Morgan fingerprint density at radius 2 is 2.10 bits per heavy atom. The summed E-state index contributed by atoms with van der Waals surface area (Å²) in [5, 5.41) is 3.19. The molecule has 0 aromatic carbocycles. The summed E-state index contributed by atoms with van der Waals surface area (Å²) in [6.07, 6.45) is 4.39. The minimum absolute atomic E-state index is 0.00808. The Hall–Kier alpha value is -0.850. The molecule has 0 radical (unpaired) electrons. The Labute approximate surface area is 121 Å². The number of hydrogen-bond donors (Lipinski definition) is 2. The van der Waals surface area contributed by atoms with Gasteiger partial charge in [0.25, 0.3) is 10.0 Å². The first-order chi connectivity index (χ1) is 9.45. The fourth-order valence-corrected chi connectivity index (χ4v) is 3.43. The van der Waals surface area contributed by atoms with Gasteiger partial charge in [0.05, 0.1) is 6.54 Å². The van der Waals surface area contributed by atoms with Gasteiger partial charge in [-0.2, -0.15) is 0 Å². The summed E-state index contributed by atoms with van der Waals surface area (Å²) in [7, 11) is -3.52. The van der Waals surface area contributed by atoms with E-state index in [0.717, 1.165) is 25.8 Å². The first-order valence-corrected chi connectivity index (χ1v) is 8.73. The van der Waals surface area contributed by atoms with E-state index in [0.29, 0.717) is 18.8 Å². The van der Waals surface area contributed by atoms with E-state index in [9.17, 15) is 8.42 Å². The molecule has 1 aromatic rings. The SMILES string of the molecule is CCCNCc1ccc(S(=O)(=O)NCC2(C)CCC2)o1. The lowest BCUT2D eigenvalue weighted by Crippen LogP contribution is -2.39. The highest BCUT2D eigenvalue weighted by molar-refractivity contribution is 7.89. The van der Waals surface area contributed by atoms with Crippen molar-refractivity contribution in [3.05, 3.63) is 17.9 Å². The van der Waals surface area contributed by atoms with Crippen molar-refractivity contribution in [1.29, 1.82) is 0 Å². The number of hydrogen-bond acceptors (Lipinski definition) is 4. The van der Waals surface area contributed by atoms with Gasteiger partial charge in [-0.3, -0.25) is 0 Å². The molecule has 5 nitrogen and oxygen atoms in total. The van der Waals surface area contributed by atoms with E-state index in [1.54, 1.807) is 6.07 Å². The molecule has 2 rings (SSSR count). The van der Waals surface area contributed by atoms with Crippen LogP contribution < -0.4 is 10.0 Å². The molecule has 6 heteroatoms. The van der Waals surface area contributed by atoms with Crippen LogP contribution in [0.2, 0.25) is 0 Å². The van der Waals surface area contributed by atoms with E-state index in [4.69, 9.17) is 4.42 Å². The first-order valence-electron chi connectivity index (χ1n) is 7.24. The maximum atomic E-state index is 12.1. The molecule has 0 atom stereocenters. The van der Waals surface area contributed by atoms with Gasteiger partial charge in [-0.05, 0) is 43.4 Å². The van der Waals surface area contributed by atoms with Gasteiger partial charge in [-0.15, -0.1) is 0 Å². The predicted molar refractivity (Wildman–Crippen MR) is 77.9 cm³/mol. The summed E-state index contributed by atoms with van der Waals surface area (Å²) in [6, 6.07) is 3.23. The Balaban J connectivity index is 1.91. The summed E-state index contributed by atoms with van der Waals surface area (Å²) < 4.78 is 32.3. The van der Waals surface area contributed by atoms with Crippen molar-refractivity contribution in [3.8, 4) is 0 Å². The molecular weight excluding hydrogens is 276 g/mol. The van der Waals surface area contributed by atoms with Crippen molar-refractivity contribution in [2.45, 2.75) is 51.2 Å². The summed E-state index contributed by atoms with van der Waals surface area (Å²) in [5.74, 6) is 0.647. The smallest absolute Gasteiger partial charge is 0.273 e. The summed E-state index contributed by atoms with van der Waals surface area (Å²) in [6.45, 7) is 6.12. The Kier molecular flexibility index (Phi) is 4.88. The standard InChI is InChI=1S/C14H24N2O3S/c1-3-9-15-10-12-5-6-13(19-12)20(17,18)16-11-14(2)7-4-8-14/h5-6,15-16H,3-4,7-11H2,1-2H3. The monoisotopic (exact) mass is 300 g/mol. The lowest BCUT2D eigenvalue weighted by Gasteiger charge is -2.38. The molecule has 1 aromatic heterocycles. The highest BCUT2D eigenvalue weighted by Gasteiger charge is 2.33. The lowest BCUT2D eigenvalue weighted by atomic mass is 9.71. The van der Waals surface area contributed by atoms with Crippen molar-refractivity contribution in [2.24, 2.45) is 5.41 Å². The topological polar surface area (TPSA) is 71.3 Å². The molecule has 0 spiro atoms. The number of nitrogens with one attached hydrogen (secondary N) is 2. The molecule has 20 heavy (non-hydrogen) atoms. The van der Waals surface area contributed by atoms with Gasteiger partial charge in [0, 0.05) is 6.54 Å². The van der Waals surface area contributed by atoms with E-state index >= 15 is 0 Å². The highest BCUT2D eigenvalue weighted by atomic mass is 32.2. The summed E-state index contributed by atoms with van der Waals surface area (Å²) >= 11 is 0. The van der Waals surface area contributed by atoms with Gasteiger partial charge in [-0.1, -0.05) is 20.3 Å². The minimum atomic E-state index is -3.52. The maximum absolute atomic E-state index is 12.1. The molecule has 1 aliphatic carbocycles. The van der Waals surface area contributed by atoms with Gasteiger partial charge in [-0.25, -0.2) is 13.1 Å². The number of rotatable bonds is 8. The van der Waals surface area contributed by atoms with Crippen LogP contribution in [0.3, 0.4) is 0 Å². The Bertz CT molecular complexity index is 532. The first kappa shape index (κ1) is 15.5. The van der Waals surface area contributed by atoms with Gasteiger partial charge in [0.1, 0.15) is 5.76 Å². The van der Waals surface area contributed by atoms with Crippen LogP contribution in [0.1, 0.15) is 45.3 Å². The minimum Gasteiger partial charge on any atom is -0.447 e. The molecule has 2 N–H and O–H groups in total. The molecule has 0 bridgehead atoms. The third-order valence-electron chi connectivity index (χ3n) is 3.88. The fraction of sp³-hybridized carbons (Fsp3) is 0.714. The van der Waals surface area contributed by atoms with E-state index in [-0.39, 0.29) is 10.5 Å². The molecule has 1 fully saturated rings. The normalized spacial score (nSPS) is 17.9. The Morgan fingerprint density at radius 3 is 2.70 bits per heavy atom. The van der Waals surface area contributed by atoms with Crippen LogP contribution in [-0.2, 0) is 16.6 Å². The highest BCUT2D eigenvalue weighted by Crippen LogP contribution is 2.39. The van der Waals surface area contributed by atoms with Gasteiger partial charge < -0.3 is 9.73 Å². The molecule has 0 amide bonds. The van der Waals surface area contributed by atoms with Crippen molar-refractivity contribution < 1.29 is 12.8 Å². The molecule has 1 aliphatic rings. The number of furan rings is 1. The largest absolute Gasteiger partial charge is 0.447 e. The predicted octanol–water partition coefficient (Wildman–Crippen LogP) is 2.25. The maximum Gasteiger partial charge on any atom is 0.273 e. The van der Waals surface area contributed by atoms with E-state index in [1.807, 2.05) is 0 Å². The summed E-state index contributed by atoms with van der Waals surface area (Å²) in [5.41, 5.74) is 0.116. The van der Waals surface area contributed by atoms with Crippen molar-refractivity contribution in [3.63, 3.8) is 0 Å². The Morgan fingerprint density at radius 1 is 1.35 bits per heavy atom. The molecule has 114 valence electrons. The zero-order valence-corrected chi connectivity index (χ0v) is 13.1. The third-order valence-corrected chi connectivity index (χ3v) is 5.15. The van der Waals surface area contributed by atoms with Gasteiger partial charge in [0.2, 0.25) is 5.09 Å². The van der Waals surface area contributed by atoms with Crippen LogP contribution in [-0.4, -0.2) is 21.5 Å². The van der Waals surface area contributed by atoms with Crippen LogP contribution in [0.15, 0.2) is 21.6 Å². The van der Waals surface area contributed by atoms with E-state index < -0.39 is 10.0 Å². The van der Waals surface area contributed by atoms with Crippen LogP contribution in [0, 0.1) is 5.41 Å². The quantitative estimate of drug-likeness (QED) is 0.722. The van der Waals surface area contributed by atoms with Crippen LogP contribution in [0.25, 0.3) is 0 Å². The second-order valence-electron chi connectivity index (χ2n) is 5.89. The van der Waals surface area contributed by atoms with Gasteiger partial charge in [0.15, 0.2) is 0 Å². The molecule has 0 unspecified atom stereocenters. The fourth-order valence-electron chi connectivity index (χ4n) is 2.28. The molecular formula is C14H24N2O3S. The molecule has 1 heterocycles. The van der Waals surface area contributed by atoms with Crippen molar-refractivity contribution in [1.82, 2.24) is 10.0 Å². The van der Waals surface area contributed by atoms with Crippen LogP contribution in [0.4, 0.5) is 0 Å². The second kappa shape index (κ2) is 6.28. The van der Waals surface area contributed by atoms with Crippen molar-refractivity contribution >= 4 is 10.0 Å². The van der Waals surface area contributed by atoms with E-state index in [1.165, 1.54) is 12.5 Å². The van der Waals surface area contributed by atoms with Crippen LogP contribution >= 0.6 is 0 Å². The lowest BCUT2D eigenvalue weighted by molar-refractivity contribution is 0.166. The van der Waals surface area contributed by atoms with E-state index in [2.05, 4.69) is 23.9 Å². The van der Waals surface area contributed by atoms with Crippen molar-refractivity contribution in [2.75, 3.05) is 13.1 Å². The second-order valence-corrected chi connectivity index (χ2v) is 7.58. The third kappa shape index (κ3) is 3.84. The summed E-state index contributed by atoms with van der Waals surface area (Å²) in [4.78, 5) is 0. The van der Waals surface area contributed by atoms with Crippen LogP contribution in [0.5, 0.6) is 0 Å². The zero-order chi connectivity index (χ0) is 14.6. The van der Waals surface area contributed by atoms with Gasteiger partial charge >= 0.3 is 0 Å². The molecule has 0 saturated heterocycles. The average molecular weight is 300 g/mol. The molecule has 1 saturated carbocycles. The number of sulfonamides is 1. The average Bonchev–Trinajstić information content (AvgIpc) is 2.84.